The lowest BCUT2D eigenvalue weighted by atomic mass is 10.1. The van der Waals surface area contributed by atoms with E-state index in [1.54, 1.807) is 17.0 Å². The molecule has 0 aliphatic carbocycles. The van der Waals surface area contributed by atoms with Gasteiger partial charge in [0.15, 0.2) is 6.29 Å². The largest absolute Gasteiger partial charge is 0.493 e. The fraction of sp³-hybridized carbons (Fsp3) is 0.556. The summed E-state index contributed by atoms with van der Waals surface area (Å²) in [7, 11) is 0. The van der Waals surface area contributed by atoms with E-state index in [0.717, 1.165) is 11.8 Å². The Labute approximate surface area is 138 Å². The molecule has 1 aromatic carbocycles. The molecule has 0 aliphatic rings. The molecule has 1 rings (SSSR count). The van der Waals surface area contributed by atoms with Crippen molar-refractivity contribution >= 4 is 12.4 Å². The van der Waals surface area contributed by atoms with E-state index in [-0.39, 0.29) is 6.09 Å². The highest BCUT2D eigenvalue weighted by Crippen LogP contribution is 2.19. The Kier molecular flexibility index (Phi) is 7.07. The number of carbonyl (C=O) groups excluding carboxylic acids is 2. The number of nitrogens with zero attached hydrogens (tertiary/aromatic N) is 1. The smallest absolute Gasteiger partial charge is 0.410 e. The molecule has 0 heterocycles. The average Bonchev–Trinajstić information content (AvgIpc) is 2.47. The van der Waals surface area contributed by atoms with Crippen molar-refractivity contribution in [3.63, 3.8) is 0 Å². The first-order valence-electron chi connectivity index (χ1n) is 7.99. The van der Waals surface area contributed by atoms with Gasteiger partial charge in [-0.2, -0.15) is 0 Å². The lowest BCUT2D eigenvalue weighted by molar-refractivity contribution is 0.0262. The molecule has 0 radical (unpaired) electrons. The monoisotopic (exact) mass is 321 g/mol. The van der Waals surface area contributed by atoms with Gasteiger partial charge < -0.3 is 14.4 Å². The second-order valence-electron chi connectivity index (χ2n) is 6.23. The number of hydrogen-bond acceptors (Lipinski definition) is 4. The number of hydrogen-bond donors (Lipinski definition) is 0. The highest BCUT2D eigenvalue weighted by molar-refractivity contribution is 5.79. The van der Waals surface area contributed by atoms with Gasteiger partial charge in [-0.1, -0.05) is 6.07 Å². The van der Waals surface area contributed by atoms with Crippen LogP contribution in [0.3, 0.4) is 0 Å². The zero-order valence-corrected chi connectivity index (χ0v) is 14.7. The Morgan fingerprint density at radius 1 is 1.26 bits per heavy atom. The minimum atomic E-state index is -0.506. The van der Waals surface area contributed by atoms with Crippen LogP contribution in [0.4, 0.5) is 4.79 Å². The first-order valence-corrected chi connectivity index (χ1v) is 7.99. The van der Waals surface area contributed by atoms with Crippen LogP contribution in [0, 0.1) is 0 Å². The molecule has 0 unspecified atom stereocenters. The second kappa shape index (κ2) is 8.56. The molecule has 0 atom stereocenters. The van der Waals surface area contributed by atoms with Crippen molar-refractivity contribution in [2.24, 2.45) is 0 Å². The zero-order valence-electron chi connectivity index (χ0n) is 14.7. The maximum absolute atomic E-state index is 12.1. The third-order valence-electron chi connectivity index (χ3n) is 3.20. The number of rotatable bonds is 7. The molecule has 0 fully saturated rings. The van der Waals surface area contributed by atoms with Gasteiger partial charge in [0.2, 0.25) is 0 Å². The molecule has 5 nitrogen and oxygen atoms in total. The van der Waals surface area contributed by atoms with E-state index in [0.29, 0.717) is 37.4 Å². The molecule has 0 bridgehead atoms. The van der Waals surface area contributed by atoms with Gasteiger partial charge in [-0.25, -0.2) is 4.79 Å². The third-order valence-corrected chi connectivity index (χ3v) is 3.20. The van der Waals surface area contributed by atoms with Gasteiger partial charge in [0.05, 0.1) is 12.2 Å². The van der Waals surface area contributed by atoms with Crippen LogP contribution in [0.1, 0.15) is 50.5 Å². The Balaban J connectivity index is 2.72. The predicted octanol–water partition coefficient (Wildman–Crippen LogP) is 3.70. The maximum Gasteiger partial charge on any atom is 0.410 e. The van der Waals surface area contributed by atoms with Gasteiger partial charge in [0.25, 0.3) is 0 Å². The molecule has 23 heavy (non-hydrogen) atoms. The minimum absolute atomic E-state index is 0.318. The summed E-state index contributed by atoms with van der Waals surface area (Å²) in [5.41, 5.74) is 1.01. The summed E-state index contributed by atoms with van der Waals surface area (Å²) in [5.74, 6) is 0.589. The topological polar surface area (TPSA) is 55.8 Å². The number of aldehydes is 1. The van der Waals surface area contributed by atoms with Crippen molar-refractivity contribution in [2.75, 3.05) is 19.7 Å². The Morgan fingerprint density at radius 2 is 1.96 bits per heavy atom. The summed E-state index contributed by atoms with van der Waals surface area (Å²) in [5, 5.41) is 0. The molecule has 0 aliphatic heterocycles. The van der Waals surface area contributed by atoms with Crippen molar-refractivity contribution < 1.29 is 19.1 Å². The quantitative estimate of drug-likeness (QED) is 0.719. The van der Waals surface area contributed by atoms with Crippen LogP contribution < -0.4 is 4.74 Å². The van der Waals surface area contributed by atoms with Crippen LogP contribution in [0.2, 0.25) is 0 Å². The Bertz CT molecular complexity index is 534. The average molecular weight is 321 g/mol. The number of benzene rings is 1. The summed E-state index contributed by atoms with van der Waals surface area (Å²) in [6, 6.07) is 5.52. The molecule has 0 saturated carbocycles. The summed E-state index contributed by atoms with van der Waals surface area (Å²) in [6.45, 7) is 11.0. The lowest BCUT2D eigenvalue weighted by Crippen LogP contribution is -2.37. The van der Waals surface area contributed by atoms with Crippen molar-refractivity contribution in [2.45, 2.75) is 46.6 Å². The molecule has 0 aromatic heterocycles. The summed E-state index contributed by atoms with van der Waals surface area (Å²) < 4.78 is 10.8. The van der Waals surface area contributed by atoms with E-state index < -0.39 is 5.60 Å². The normalized spacial score (nSPS) is 11.0. The zero-order chi connectivity index (χ0) is 17.5. The van der Waals surface area contributed by atoms with Crippen LogP contribution >= 0.6 is 0 Å². The molecule has 0 saturated heterocycles. The van der Waals surface area contributed by atoms with E-state index in [9.17, 15) is 9.59 Å². The Hall–Kier alpha value is -2.04. The number of ether oxygens (including phenoxy) is 2. The van der Waals surface area contributed by atoms with Crippen molar-refractivity contribution in [3.05, 3.63) is 29.3 Å². The van der Waals surface area contributed by atoms with Gasteiger partial charge in [0.1, 0.15) is 11.4 Å². The van der Waals surface area contributed by atoms with E-state index >= 15 is 0 Å². The first-order chi connectivity index (χ1) is 10.8. The third kappa shape index (κ3) is 6.30. The number of likely N-dealkylation sites (N-methyl/N-ethyl adjacent to an activating group) is 1. The van der Waals surface area contributed by atoms with E-state index in [1.165, 1.54) is 0 Å². The maximum atomic E-state index is 12.1. The van der Waals surface area contributed by atoms with Crippen molar-refractivity contribution in [3.8, 4) is 5.75 Å². The summed E-state index contributed by atoms with van der Waals surface area (Å²) in [6.07, 6.45) is 1.13. The Morgan fingerprint density at radius 3 is 2.48 bits per heavy atom. The molecular formula is C18H27NO4. The SMILES string of the molecule is CCOc1ccc(CCN(CC)C(=O)OC(C)(C)C)cc1C=O. The molecule has 128 valence electrons. The molecule has 0 spiro atoms. The predicted molar refractivity (Wildman–Crippen MR) is 90.2 cm³/mol. The van der Waals surface area contributed by atoms with Gasteiger partial charge in [-0.05, 0) is 58.7 Å². The number of carbonyl (C=O) groups is 2. The van der Waals surface area contributed by atoms with Gasteiger partial charge >= 0.3 is 6.09 Å². The molecule has 1 amide bonds. The fourth-order valence-corrected chi connectivity index (χ4v) is 2.10. The summed E-state index contributed by atoms with van der Waals surface area (Å²) >= 11 is 0. The minimum Gasteiger partial charge on any atom is -0.493 e. The highest BCUT2D eigenvalue weighted by Gasteiger charge is 2.20. The molecule has 5 heteroatoms. The second-order valence-corrected chi connectivity index (χ2v) is 6.23. The van der Waals surface area contributed by atoms with Crippen molar-refractivity contribution in [1.29, 1.82) is 0 Å². The van der Waals surface area contributed by atoms with E-state index in [4.69, 9.17) is 9.47 Å². The summed E-state index contributed by atoms with van der Waals surface area (Å²) in [4.78, 5) is 24.9. The van der Waals surface area contributed by atoms with Crippen LogP contribution in [-0.2, 0) is 11.2 Å². The highest BCUT2D eigenvalue weighted by atomic mass is 16.6. The lowest BCUT2D eigenvalue weighted by Gasteiger charge is -2.26. The fourth-order valence-electron chi connectivity index (χ4n) is 2.10. The molecular weight excluding hydrogens is 294 g/mol. The molecule has 0 N–H and O–H groups in total. The first kappa shape index (κ1) is 19.0. The van der Waals surface area contributed by atoms with Crippen LogP contribution in [0.5, 0.6) is 5.75 Å². The van der Waals surface area contributed by atoms with Crippen LogP contribution in [-0.4, -0.2) is 42.6 Å². The van der Waals surface area contributed by atoms with Gasteiger partial charge in [-0.15, -0.1) is 0 Å². The van der Waals surface area contributed by atoms with Gasteiger partial charge in [-0.3, -0.25) is 4.79 Å². The van der Waals surface area contributed by atoms with E-state index in [1.807, 2.05) is 40.7 Å². The molecule has 1 aromatic rings. The van der Waals surface area contributed by atoms with E-state index in [2.05, 4.69) is 0 Å². The number of amides is 1. The van der Waals surface area contributed by atoms with Crippen molar-refractivity contribution in [1.82, 2.24) is 4.90 Å². The standard InChI is InChI=1S/C18H27NO4/c1-6-19(17(21)23-18(3,4)5)11-10-14-8-9-16(22-7-2)15(12-14)13-20/h8-9,12-13H,6-7,10-11H2,1-5H3. The van der Waals surface area contributed by atoms with Gasteiger partial charge in [0, 0.05) is 13.1 Å². The van der Waals surface area contributed by atoms with Crippen LogP contribution in [0.15, 0.2) is 18.2 Å². The van der Waals surface area contributed by atoms with Crippen LogP contribution in [0.25, 0.3) is 0 Å².